The molecule has 61 heavy (non-hydrogen) atoms. The van der Waals surface area contributed by atoms with E-state index in [4.69, 9.17) is 0 Å². The van der Waals surface area contributed by atoms with Crippen LogP contribution < -0.4 is 19.6 Å². The molecule has 2 heterocycles. The summed E-state index contributed by atoms with van der Waals surface area (Å²) in [4.78, 5) is -2.53. The number of nitrogens with zero attached hydrogens (tertiary/aromatic N) is 4. The van der Waals surface area contributed by atoms with Crippen molar-refractivity contribution in [3.63, 3.8) is 0 Å². The first-order valence-corrected chi connectivity index (χ1v) is 16.1. The van der Waals surface area contributed by atoms with E-state index in [1.807, 2.05) is 0 Å². The SMILES string of the molecule is Fc1c(F)c(F)c(N2c3ccccc3N(c3c(F)c(F)c(F)c(F)c3F)C23N(c2c(F)c(F)c(F)c(F)c2F)c2ccccc2N3c2c(F)c(F)c(F)c(F)c2F)c(F)c1F. The molecule has 0 fully saturated rings. The minimum atomic E-state index is -4.78. The predicted octanol–water partition coefficient (Wildman–Crippen LogP) is 12.4. The van der Waals surface area contributed by atoms with E-state index in [1.54, 1.807) is 0 Å². The van der Waals surface area contributed by atoms with Gasteiger partial charge in [-0.2, -0.15) is 0 Å². The van der Waals surface area contributed by atoms with Crippen LogP contribution in [0.3, 0.4) is 0 Å². The highest BCUT2D eigenvalue weighted by Crippen LogP contribution is 2.66. The first-order chi connectivity index (χ1) is 28.7. The summed E-state index contributed by atoms with van der Waals surface area (Å²) >= 11 is 0. The van der Waals surface area contributed by atoms with Gasteiger partial charge in [0.25, 0.3) is 5.91 Å². The number of benzene rings is 6. The van der Waals surface area contributed by atoms with Crippen molar-refractivity contribution in [2.45, 2.75) is 5.91 Å². The molecule has 0 aromatic heterocycles. The van der Waals surface area contributed by atoms with E-state index in [0.29, 0.717) is 48.5 Å². The highest BCUT2D eigenvalue weighted by Gasteiger charge is 2.69. The summed E-state index contributed by atoms with van der Waals surface area (Å²) in [6.45, 7) is 0. The zero-order chi connectivity index (χ0) is 44.6. The van der Waals surface area contributed by atoms with E-state index >= 15 is 70.2 Å². The Labute approximate surface area is 323 Å². The maximum atomic E-state index is 16.4. The van der Waals surface area contributed by atoms with Crippen LogP contribution in [0.2, 0.25) is 0 Å². The van der Waals surface area contributed by atoms with Gasteiger partial charge in [-0.05, 0) is 24.3 Å². The Morgan fingerprint density at radius 1 is 0.213 bits per heavy atom. The molecule has 0 saturated heterocycles. The second-order valence-corrected chi connectivity index (χ2v) is 12.6. The molecule has 0 bridgehead atoms. The lowest BCUT2D eigenvalue weighted by Crippen LogP contribution is -2.71. The third kappa shape index (κ3) is 4.97. The Kier molecular flexibility index (Phi) is 9.09. The smallest absolute Gasteiger partial charge is 0.274 e. The van der Waals surface area contributed by atoms with E-state index in [2.05, 4.69) is 0 Å². The number of fused-ring (bicyclic) bond motifs is 2. The maximum Gasteiger partial charge on any atom is 0.296 e. The van der Waals surface area contributed by atoms with Crippen molar-refractivity contribution in [2.24, 2.45) is 0 Å². The molecule has 0 aliphatic carbocycles. The van der Waals surface area contributed by atoms with Crippen LogP contribution in [-0.2, 0) is 0 Å². The summed E-state index contributed by atoms with van der Waals surface area (Å²) < 4.78 is 311. The molecule has 4 nitrogen and oxygen atoms in total. The lowest BCUT2D eigenvalue weighted by atomic mass is 10.1. The topological polar surface area (TPSA) is 13.0 Å². The van der Waals surface area contributed by atoms with Gasteiger partial charge in [-0.25, -0.2) is 87.8 Å². The van der Waals surface area contributed by atoms with Crippen LogP contribution in [0.25, 0.3) is 0 Å². The van der Waals surface area contributed by atoms with Crippen molar-refractivity contribution in [3.05, 3.63) is 165 Å². The Morgan fingerprint density at radius 3 is 0.492 bits per heavy atom. The quantitative estimate of drug-likeness (QED) is 0.0993. The molecule has 0 saturated carbocycles. The summed E-state index contributed by atoms with van der Waals surface area (Å²) in [6, 6.07) is 4.50. The van der Waals surface area contributed by atoms with Crippen LogP contribution in [0.5, 0.6) is 0 Å². The van der Waals surface area contributed by atoms with Crippen molar-refractivity contribution < 1.29 is 87.8 Å². The number of hydrogen-bond acceptors (Lipinski definition) is 4. The van der Waals surface area contributed by atoms with Crippen LogP contribution in [-0.4, -0.2) is 5.91 Å². The predicted molar refractivity (Wildman–Crippen MR) is 169 cm³/mol. The van der Waals surface area contributed by atoms with E-state index in [0.717, 1.165) is 0 Å². The largest absolute Gasteiger partial charge is 0.296 e. The molecule has 0 atom stereocenters. The normalized spacial score (nSPS) is 14.2. The average Bonchev–Trinajstić information content (AvgIpc) is 3.69. The molecule has 0 radical (unpaired) electrons. The molecule has 1 spiro atoms. The van der Waals surface area contributed by atoms with Crippen molar-refractivity contribution >= 4 is 45.5 Å². The fourth-order valence-electron chi connectivity index (χ4n) is 7.17. The molecule has 0 amide bonds. The van der Waals surface area contributed by atoms with Crippen molar-refractivity contribution in [2.75, 3.05) is 19.6 Å². The molecule has 8 rings (SSSR count). The molecule has 2 aliphatic heterocycles. The molecule has 316 valence electrons. The van der Waals surface area contributed by atoms with E-state index < -0.39 is 187 Å². The fraction of sp³-hybridized carbons (Fsp3) is 0.0270. The van der Waals surface area contributed by atoms with Gasteiger partial charge in [-0.1, -0.05) is 24.3 Å². The maximum absolute atomic E-state index is 16.4. The summed E-state index contributed by atoms with van der Waals surface area (Å²) in [5, 5.41) is 0. The summed E-state index contributed by atoms with van der Waals surface area (Å²) in [7, 11) is 0. The Balaban J connectivity index is 1.76. The van der Waals surface area contributed by atoms with Crippen LogP contribution >= 0.6 is 0 Å². The van der Waals surface area contributed by atoms with Crippen molar-refractivity contribution in [1.82, 2.24) is 0 Å². The molecule has 2 aliphatic rings. The van der Waals surface area contributed by atoms with E-state index in [9.17, 15) is 17.6 Å². The Bertz CT molecular complexity index is 2430. The van der Waals surface area contributed by atoms with E-state index in [-0.39, 0.29) is 0 Å². The van der Waals surface area contributed by atoms with Gasteiger partial charge in [-0.15, -0.1) is 0 Å². The monoisotopic (exact) mass is 888 g/mol. The highest BCUT2D eigenvalue weighted by atomic mass is 19.2. The molecular weight excluding hydrogens is 880 g/mol. The van der Waals surface area contributed by atoms with Crippen LogP contribution in [0.15, 0.2) is 48.5 Å². The Morgan fingerprint density at radius 2 is 0.344 bits per heavy atom. The molecule has 6 aromatic carbocycles. The number of halogens is 20. The van der Waals surface area contributed by atoms with Gasteiger partial charge >= 0.3 is 0 Å². The minimum absolute atomic E-state index is 0.414. The van der Waals surface area contributed by atoms with Gasteiger partial charge in [0, 0.05) is 0 Å². The molecule has 0 unspecified atom stereocenters. The highest BCUT2D eigenvalue weighted by molar-refractivity contribution is 6.02. The van der Waals surface area contributed by atoms with Gasteiger partial charge in [0.1, 0.15) is 22.7 Å². The third-order valence-electron chi connectivity index (χ3n) is 9.57. The van der Waals surface area contributed by atoms with Crippen LogP contribution in [0.1, 0.15) is 0 Å². The Hall–Kier alpha value is -6.88. The van der Waals surface area contributed by atoms with Gasteiger partial charge in [-0.3, -0.25) is 19.6 Å². The lowest BCUT2D eigenvalue weighted by Gasteiger charge is -2.52. The van der Waals surface area contributed by atoms with Crippen LogP contribution in [0, 0.1) is 116 Å². The first kappa shape index (κ1) is 40.9. The van der Waals surface area contributed by atoms with Crippen LogP contribution in [0.4, 0.5) is 133 Å². The molecule has 24 heteroatoms. The second-order valence-electron chi connectivity index (χ2n) is 12.6. The third-order valence-corrected chi connectivity index (χ3v) is 9.57. The van der Waals surface area contributed by atoms with Gasteiger partial charge < -0.3 is 0 Å². The number of rotatable bonds is 4. The second kappa shape index (κ2) is 13.6. The van der Waals surface area contributed by atoms with Crippen molar-refractivity contribution in [3.8, 4) is 0 Å². The molecule has 6 aromatic rings. The fourth-order valence-corrected chi connectivity index (χ4v) is 7.17. The van der Waals surface area contributed by atoms with Crippen molar-refractivity contribution in [1.29, 1.82) is 0 Å². The molecule has 0 N–H and O–H groups in total. The van der Waals surface area contributed by atoms with Gasteiger partial charge in [0.15, 0.2) is 93.1 Å². The van der Waals surface area contributed by atoms with E-state index in [1.165, 1.54) is 0 Å². The average molecular weight is 888 g/mol. The summed E-state index contributed by atoms with van der Waals surface area (Å²) in [6.07, 6.45) is 0. The van der Waals surface area contributed by atoms with Gasteiger partial charge in [0.2, 0.25) is 23.3 Å². The summed E-state index contributed by atoms with van der Waals surface area (Å²) in [5.41, 5.74) is -16.0. The lowest BCUT2D eigenvalue weighted by molar-refractivity contribution is 0.351. The standard InChI is InChI=1S/C37H8F20N4/c38-13-17(42)25(50)33(26(51)18(13)43)58-9-5-1-2-6-10(9)59(34-27(52)19(44)14(39)20(45)28(34)53)37(58)60(35-29(54)21(46)15(40)22(47)30(35)55)11-7-3-4-8-12(11)61(37)36-31(56)23(48)16(41)24(49)32(36)57/h1-8H. The minimum Gasteiger partial charge on any atom is -0.274 e. The number of anilines is 8. The zero-order valence-corrected chi connectivity index (χ0v) is 28.5. The molecular formula is C37H8F20N4. The zero-order valence-electron chi connectivity index (χ0n) is 28.5. The first-order valence-electron chi connectivity index (χ1n) is 16.1. The number of para-hydroxylation sites is 4. The van der Waals surface area contributed by atoms with Gasteiger partial charge in [0.05, 0.1) is 22.7 Å². The summed E-state index contributed by atoms with van der Waals surface area (Å²) in [5.74, 6) is -65.5. The number of hydrogen-bond donors (Lipinski definition) is 0.